The first-order valence-corrected chi connectivity index (χ1v) is 11.1. The van der Waals surface area contributed by atoms with Gasteiger partial charge in [0.25, 0.3) is 5.56 Å². The average Bonchev–Trinajstić information content (AvgIpc) is 3.39. The molecule has 160 valence electrons. The SMILES string of the molecule is Cc1cc2nc(SCC(=O)NCCc3ccc(Cl)cc3)n(Cc3ccco3)c(=O)c2[nH]1. The fourth-order valence-corrected chi connectivity index (χ4v) is 4.15. The van der Waals surface area contributed by atoms with E-state index in [2.05, 4.69) is 15.3 Å². The molecule has 0 aliphatic heterocycles. The summed E-state index contributed by atoms with van der Waals surface area (Å²) in [5.74, 6) is 0.670. The van der Waals surface area contributed by atoms with Crippen molar-refractivity contribution in [1.29, 1.82) is 0 Å². The molecule has 0 spiro atoms. The van der Waals surface area contributed by atoms with Gasteiger partial charge in [-0.2, -0.15) is 0 Å². The van der Waals surface area contributed by atoms with E-state index >= 15 is 0 Å². The lowest BCUT2D eigenvalue weighted by Gasteiger charge is -2.11. The lowest BCUT2D eigenvalue weighted by Crippen LogP contribution is -2.28. The van der Waals surface area contributed by atoms with Crippen molar-refractivity contribution in [3.05, 3.63) is 81.1 Å². The zero-order chi connectivity index (χ0) is 21.8. The second-order valence-electron chi connectivity index (χ2n) is 7.09. The predicted octanol–water partition coefficient (Wildman–Crippen LogP) is 3.78. The Balaban J connectivity index is 1.44. The van der Waals surface area contributed by atoms with E-state index in [-0.39, 0.29) is 23.8 Å². The Morgan fingerprint density at radius 3 is 2.84 bits per heavy atom. The first kappa shape index (κ1) is 21.3. The van der Waals surface area contributed by atoms with E-state index in [1.165, 1.54) is 16.3 Å². The van der Waals surface area contributed by atoms with Gasteiger partial charge < -0.3 is 14.7 Å². The summed E-state index contributed by atoms with van der Waals surface area (Å²) in [6.45, 7) is 2.63. The number of carbonyl (C=O) groups is 1. The Bertz CT molecular complexity index is 1250. The number of hydrogen-bond donors (Lipinski definition) is 2. The Labute approximate surface area is 187 Å². The second kappa shape index (κ2) is 9.45. The average molecular weight is 457 g/mol. The van der Waals surface area contributed by atoms with Crippen molar-refractivity contribution >= 4 is 40.3 Å². The van der Waals surface area contributed by atoms with E-state index in [1.54, 1.807) is 18.4 Å². The Hall–Kier alpha value is -2.97. The van der Waals surface area contributed by atoms with Crippen LogP contribution in [0.1, 0.15) is 17.0 Å². The summed E-state index contributed by atoms with van der Waals surface area (Å²) in [5, 5.41) is 4.06. The maximum atomic E-state index is 13.0. The fourth-order valence-electron chi connectivity index (χ4n) is 3.20. The summed E-state index contributed by atoms with van der Waals surface area (Å²) in [4.78, 5) is 33.0. The van der Waals surface area contributed by atoms with Crippen LogP contribution in [0.3, 0.4) is 0 Å². The monoisotopic (exact) mass is 456 g/mol. The van der Waals surface area contributed by atoms with Crippen molar-refractivity contribution in [2.75, 3.05) is 12.3 Å². The third-order valence-corrected chi connectivity index (χ3v) is 5.94. The molecule has 0 saturated carbocycles. The second-order valence-corrected chi connectivity index (χ2v) is 8.47. The molecule has 3 heterocycles. The van der Waals surface area contributed by atoms with Crippen LogP contribution in [0, 0.1) is 6.92 Å². The predicted molar refractivity (Wildman–Crippen MR) is 122 cm³/mol. The highest BCUT2D eigenvalue weighted by Gasteiger charge is 2.16. The summed E-state index contributed by atoms with van der Waals surface area (Å²) >= 11 is 7.12. The third kappa shape index (κ3) is 5.21. The number of aromatic amines is 1. The minimum Gasteiger partial charge on any atom is -0.467 e. The van der Waals surface area contributed by atoms with Gasteiger partial charge in [-0.15, -0.1) is 0 Å². The number of nitrogens with one attached hydrogen (secondary N) is 2. The van der Waals surface area contributed by atoms with Crippen molar-refractivity contribution in [2.24, 2.45) is 0 Å². The lowest BCUT2D eigenvalue weighted by molar-refractivity contribution is -0.118. The Kier molecular flexibility index (Phi) is 6.48. The van der Waals surface area contributed by atoms with E-state index in [0.717, 1.165) is 11.3 Å². The number of amides is 1. The molecular formula is C22H21ClN4O3S. The van der Waals surface area contributed by atoms with Gasteiger partial charge in [0.1, 0.15) is 11.3 Å². The molecule has 0 bridgehead atoms. The van der Waals surface area contributed by atoms with Gasteiger partial charge in [0.15, 0.2) is 5.16 Å². The van der Waals surface area contributed by atoms with E-state index in [4.69, 9.17) is 16.0 Å². The van der Waals surface area contributed by atoms with Crippen LogP contribution >= 0.6 is 23.4 Å². The number of rotatable bonds is 8. The number of H-pyrrole nitrogens is 1. The number of carbonyl (C=O) groups excluding carboxylic acids is 1. The maximum Gasteiger partial charge on any atom is 0.278 e. The highest BCUT2D eigenvalue weighted by atomic mass is 35.5. The number of furan rings is 1. The molecule has 0 atom stereocenters. The zero-order valence-electron chi connectivity index (χ0n) is 16.9. The number of fused-ring (bicyclic) bond motifs is 1. The smallest absolute Gasteiger partial charge is 0.278 e. The van der Waals surface area contributed by atoms with Crippen LogP contribution in [0.5, 0.6) is 0 Å². The molecule has 31 heavy (non-hydrogen) atoms. The molecule has 7 nitrogen and oxygen atoms in total. The first-order chi connectivity index (χ1) is 15.0. The molecule has 1 amide bonds. The molecule has 0 aliphatic carbocycles. The molecule has 4 aromatic rings. The van der Waals surface area contributed by atoms with Gasteiger partial charge in [-0.25, -0.2) is 4.98 Å². The third-order valence-electron chi connectivity index (χ3n) is 4.71. The van der Waals surface area contributed by atoms with Crippen LogP contribution in [0.2, 0.25) is 5.02 Å². The number of benzene rings is 1. The van der Waals surface area contributed by atoms with Crippen LogP contribution < -0.4 is 10.9 Å². The number of aromatic nitrogens is 3. The lowest BCUT2D eigenvalue weighted by atomic mass is 10.1. The van der Waals surface area contributed by atoms with Gasteiger partial charge in [-0.1, -0.05) is 35.5 Å². The van der Waals surface area contributed by atoms with Crippen LogP contribution in [0.25, 0.3) is 11.0 Å². The molecule has 9 heteroatoms. The van der Waals surface area contributed by atoms with Gasteiger partial charge in [0.2, 0.25) is 5.91 Å². The van der Waals surface area contributed by atoms with Gasteiger partial charge in [-0.05, 0) is 49.2 Å². The van der Waals surface area contributed by atoms with Crippen molar-refractivity contribution in [3.63, 3.8) is 0 Å². The van der Waals surface area contributed by atoms with E-state index in [9.17, 15) is 9.59 Å². The summed E-state index contributed by atoms with van der Waals surface area (Å²) in [5.41, 5.74) is 2.79. The van der Waals surface area contributed by atoms with E-state index in [0.29, 0.717) is 39.9 Å². The van der Waals surface area contributed by atoms with Crippen molar-refractivity contribution in [3.8, 4) is 0 Å². The Morgan fingerprint density at radius 1 is 1.29 bits per heavy atom. The molecule has 0 aliphatic rings. The van der Waals surface area contributed by atoms with Crippen LogP contribution in [0.15, 0.2) is 63.1 Å². The molecule has 4 rings (SSSR count). The summed E-state index contributed by atoms with van der Waals surface area (Å²) in [7, 11) is 0. The fraction of sp³-hybridized carbons (Fsp3) is 0.227. The molecule has 2 N–H and O–H groups in total. The number of thioether (sulfide) groups is 1. The van der Waals surface area contributed by atoms with Crippen LogP contribution in [-0.2, 0) is 17.8 Å². The Morgan fingerprint density at radius 2 is 2.10 bits per heavy atom. The molecule has 1 aromatic carbocycles. The highest BCUT2D eigenvalue weighted by molar-refractivity contribution is 7.99. The van der Waals surface area contributed by atoms with Crippen LogP contribution in [-0.4, -0.2) is 32.7 Å². The molecule has 0 radical (unpaired) electrons. The molecular weight excluding hydrogens is 436 g/mol. The summed E-state index contributed by atoms with van der Waals surface area (Å²) in [6.07, 6.45) is 2.27. The van der Waals surface area contributed by atoms with Gasteiger partial charge >= 0.3 is 0 Å². The summed E-state index contributed by atoms with van der Waals surface area (Å²) in [6, 6.07) is 12.9. The van der Waals surface area contributed by atoms with Crippen molar-refractivity contribution < 1.29 is 9.21 Å². The standard InChI is InChI=1S/C22H21ClN4O3S/c1-14-11-18-20(25-14)21(29)27(12-17-3-2-10-30-17)22(26-18)31-13-19(28)24-9-8-15-4-6-16(23)7-5-15/h2-7,10-11,25H,8-9,12-13H2,1H3,(H,24,28). The number of halogens is 1. The molecule has 0 saturated heterocycles. The summed E-state index contributed by atoms with van der Waals surface area (Å²) < 4.78 is 6.93. The molecule has 0 unspecified atom stereocenters. The highest BCUT2D eigenvalue weighted by Crippen LogP contribution is 2.19. The van der Waals surface area contributed by atoms with Crippen molar-refractivity contribution in [1.82, 2.24) is 19.9 Å². The number of hydrogen-bond acceptors (Lipinski definition) is 5. The first-order valence-electron chi connectivity index (χ1n) is 9.76. The van der Waals surface area contributed by atoms with Crippen LogP contribution in [0.4, 0.5) is 0 Å². The minimum atomic E-state index is -0.194. The van der Waals surface area contributed by atoms with Crippen molar-refractivity contribution in [2.45, 2.75) is 25.0 Å². The topological polar surface area (TPSA) is 92.9 Å². The number of nitrogens with zero attached hydrogens (tertiary/aromatic N) is 2. The van der Waals surface area contributed by atoms with E-state index < -0.39 is 0 Å². The maximum absolute atomic E-state index is 13.0. The normalized spacial score (nSPS) is 11.2. The largest absolute Gasteiger partial charge is 0.467 e. The van der Waals surface area contributed by atoms with Gasteiger partial charge in [-0.3, -0.25) is 14.2 Å². The molecule has 3 aromatic heterocycles. The zero-order valence-corrected chi connectivity index (χ0v) is 18.4. The van der Waals surface area contributed by atoms with E-state index in [1.807, 2.05) is 37.3 Å². The quantitative estimate of drug-likeness (QED) is 0.311. The van der Waals surface area contributed by atoms with Gasteiger partial charge in [0.05, 0.1) is 24.1 Å². The minimum absolute atomic E-state index is 0.122. The number of aryl methyl sites for hydroxylation is 1. The van der Waals surface area contributed by atoms with Gasteiger partial charge in [0, 0.05) is 17.3 Å². The molecule has 0 fully saturated rings.